The van der Waals surface area contributed by atoms with Crippen LogP contribution in [0.2, 0.25) is 10.0 Å². The molecule has 0 aliphatic rings. The molecule has 0 aliphatic heterocycles. The van der Waals surface area contributed by atoms with Gasteiger partial charge in [-0.2, -0.15) is 5.10 Å². The summed E-state index contributed by atoms with van der Waals surface area (Å²) in [5, 5.41) is 4.94. The van der Waals surface area contributed by atoms with Crippen LogP contribution in [0.1, 0.15) is 12.0 Å². The first kappa shape index (κ1) is 16.5. The monoisotopic (exact) mass is 360 g/mol. The first-order valence-electron chi connectivity index (χ1n) is 7.30. The second-order valence-corrected chi connectivity index (χ2v) is 5.98. The number of aryl methyl sites for hydroxylation is 1. The fourth-order valence-electron chi connectivity index (χ4n) is 2.25. The molecular weight excluding hydrogens is 347 g/mol. The lowest BCUT2D eigenvalue weighted by atomic mass is 10.2. The van der Waals surface area contributed by atoms with E-state index in [0.717, 1.165) is 11.0 Å². The number of hydrogen-bond donors (Lipinski definition) is 1. The van der Waals surface area contributed by atoms with Crippen LogP contribution in [0.4, 0.5) is 0 Å². The first-order chi connectivity index (χ1) is 11.6. The number of aromatic nitrogens is 2. The zero-order chi connectivity index (χ0) is 16.9. The number of hydrogen-bond acceptors (Lipinski definition) is 3. The van der Waals surface area contributed by atoms with Crippen molar-refractivity contribution in [3.8, 4) is 0 Å². The number of carbonyl (C=O) groups is 1. The highest BCUT2D eigenvalue weighted by molar-refractivity contribution is 6.36. The smallest absolute Gasteiger partial charge is 0.241 e. The van der Waals surface area contributed by atoms with E-state index in [1.165, 1.54) is 6.21 Å². The van der Waals surface area contributed by atoms with Gasteiger partial charge in [0.05, 0.1) is 28.6 Å². The molecule has 5 nitrogen and oxygen atoms in total. The van der Waals surface area contributed by atoms with Crippen LogP contribution in [0.5, 0.6) is 0 Å². The lowest BCUT2D eigenvalue weighted by molar-refractivity contribution is -0.121. The minimum Gasteiger partial charge on any atom is -0.330 e. The van der Waals surface area contributed by atoms with Gasteiger partial charge in [0.1, 0.15) is 0 Å². The summed E-state index contributed by atoms with van der Waals surface area (Å²) in [6, 6.07) is 12.9. The van der Waals surface area contributed by atoms with Crippen LogP contribution in [0.3, 0.4) is 0 Å². The number of fused-ring (bicyclic) bond motifs is 1. The van der Waals surface area contributed by atoms with Gasteiger partial charge in [-0.25, -0.2) is 10.4 Å². The highest BCUT2D eigenvalue weighted by Gasteiger charge is 2.05. The molecule has 0 atom stereocenters. The molecule has 3 rings (SSSR count). The molecule has 7 heteroatoms. The molecule has 0 bridgehead atoms. The third-order valence-corrected chi connectivity index (χ3v) is 4.02. The Balaban J connectivity index is 1.55. The molecular formula is C17H14Cl2N4O. The number of halogens is 2. The maximum absolute atomic E-state index is 11.9. The van der Waals surface area contributed by atoms with Crippen LogP contribution in [-0.2, 0) is 11.3 Å². The van der Waals surface area contributed by atoms with Crippen LogP contribution in [-0.4, -0.2) is 21.7 Å². The zero-order valence-electron chi connectivity index (χ0n) is 12.6. The summed E-state index contributed by atoms with van der Waals surface area (Å²) in [5.41, 5.74) is 5.08. The lowest BCUT2D eigenvalue weighted by Crippen LogP contribution is -2.19. The molecule has 0 radical (unpaired) electrons. The number of nitrogens with zero attached hydrogens (tertiary/aromatic N) is 3. The zero-order valence-corrected chi connectivity index (χ0v) is 14.1. The predicted octanol–water partition coefficient (Wildman–Crippen LogP) is 3.88. The topological polar surface area (TPSA) is 59.3 Å². The summed E-state index contributed by atoms with van der Waals surface area (Å²) in [6.45, 7) is 0.531. The lowest BCUT2D eigenvalue weighted by Gasteiger charge is -2.03. The fourth-order valence-corrected chi connectivity index (χ4v) is 2.70. The van der Waals surface area contributed by atoms with E-state index in [4.69, 9.17) is 23.2 Å². The average molecular weight is 361 g/mol. The second kappa shape index (κ2) is 7.47. The number of hydrazone groups is 1. The minimum absolute atomic E-state index is 0.186. The predicted molar refractivity (Wildman–Crippen MR) is 96.5 cm³/mol. The highest BCUT2D eigenvalue weighted by Crippen LogP contribution is 2.19. The van der Waals surface area contributed by atoms with Crippen molar-refractivity contribution in [2.75, 3.05) is 0 Å². The van der Waals surface area contributed by atoms with Gasteiger partial charge in [-0.1, -0.05) is 41.4 Å². The first-order valence-corrected chi connectivity index (χ1v) is 8.06. The van der Waals surface area contributed by atoms with Gasteiger partial charge in [-0.3, -0.25) is 4.79 Å². The van der Waals surface area contributed by atoms with Crippen LogP contribution in [0.15, 0.2) is 53.9 Å². The van der Waals surface area contributed by atoms with Gasteiger partial charge in [-0.05, 0) is 24.3 Å². The molecule has 0 saturated heterocycles. The molecule has 1 aromatic heterocycles. The standard InChI is InChI=1S/C17H14Cl2N4O/c18-13-6-5-12(14(19)9-13)10-21-22-17(24)7-8-23-11-20-15-3-1-2-4-16(15)23/h1-6,9-11H,7-8H2,(H,22,24)/b21-10-. The Labute approximate surface area is 148 Å². The van der Waals surface area contributed by atoms with Crippen molar-refractivity contribution < 1.29 is 4.79 Å². The molecule has 24 heavy (non-hydrogen) atoms. The van der Waals surface area contributed by atoms with E-state index in [0.29, 0.717) is 28.6 Å². The Hall–Kier alpha value is -2.37. The molecule has 0 saturated carbocycles. The van der Waals surface area contributed by atoms with Gasteiger partial charge in [0.15, 0.2) is 0 Å². The minimum atomic E-state index is -0.186. The van der Waals surface area contributed by atoms with Gasteiger partial charge >= 0.3 is 0 Å². The normalized spacial score (nSPS) is 11.2. The number of para-hydroxylation sites is 2. The summed E-state index contributed by atoms with van der Waals surface area (Å²) in [6.07, 6.45) is 3.52. The number of imidazole rings is 1. The van der Waals surface area contributed by atoms with Gasteiger partial charge in [0.25, 0.3) is 0 Å². The number of benzene rings is 2. The van der Waals surface area contributed by atoms with E-state index < -0.39 is 0 Å². The maximum Gasteiger partial charge on any atom is 0.241 e. The molecule has 122 valence electrons. The van der Waals surface area contributed by atoms with Crippen molar-refractivity contribution in [2.24, 2.45) is 5.10 Å². The molecule has 0 spiro atoms. The summed E-state index contributed by atoms with van der Waals surface area (Å²) in [7, 11) is 0. The molecule has 3 aromatic rings. The maximum atomic E-state index is 11.9. The fraction of sp³-hybridized carbons (Fsp3) is 0.118. The summed E-state index contributed by atoms with van der Waals surface area (Å²) >= 11 is 11.9. The largest absolute Gasteiger partial charge is 0.330 e. The third-order valence-electron chi connectivity index (χ3n) is 3.46. The molecule has 1 N–H and O–H groups in total. The van der Waals surface area contributed by atoms with E-state index in [9.17, 15) is 4.79 Å². The van der Waals surface area contributed by atoms with Crippen molar-refractivity contribution in [3.05, 3.63) is 64.4 Å². The molecule has 1 heterocycles. The van der Waals surface area contributed by atoms with E-state index in [2.05, 4.69) is 15.5 Å². The Morgan fingerprint density at radius 1 is 1.25 bits per heavy atom. The SMILES string of the molecule is O=C(CCn1cnc2ccccc21)N/N=C\c1ccc(Cl)cc1Cl. The molecule has 0 aliphatic carbocycles. The van der Waals surface area contributed by atoms with Crippen molar-refractivity contribution in [1.29, 1.82) is 0 Å². The Morgan fingerprint density at radius 3 is 2.92 bits per heavy atom. The third kappa shape index (κ3) is 3.93. The Bertz CT molecular complexity index is 904. The average Bonchev–Trinajstić information content (AvgIpc) is 2.98. The van der Waals surface area contributed by atoms with Gasteiger partial charge in [0.2, 0.25) is 5.91 Å². The van der Waals surface area contributed by atoms with E-state index in [1.54, 1.807) is 24.5 Å². The van der Waals surface area contributed by atoms with Crippen LogP contribution in [0.25, 0.3) is 11.0 Å². The van der Waals surface area contributed by atoms with E-state index in [1.807, 2.05) is 28.8 Å². The van der Waals surface area contributed by atoms with Gasteiger partial charge < -0.3 is 4.57 Å². The van der Waals surface area contributed by atoms with Crippen LogP contribution >= 0.6 is 23.2 Å². The number of carbonyl (C=O) groups excluding carboxylic acids is 1. The van der Waals surface area contributed by atoms with Crippen LogP contribution < -0.4 is 5.43 Å². The molecule has 1 amide bonds. The highest BCUT2D eigenvalue weighted by atomic mass is 35.5. The number of amides is 1. The summed E-state index contributed by atoms with van der Waals surface area (Å²) < 4.78 is 1.94. The van der Waals surface area contributed by atoms with E-state index >= 15 is 0 Å². The Kier molecular flexibility index (Phi) is 5.13. The molecule has 0 fully saturated rings. The quantitative estimate of drug-likeness (QED) is 0.554. The van der Waals surface area contributed by atoms with Crippen LogP contribution in [0, 0.1) is 0 Å². The number of nitrogens with one attached hydrogen (secondary N) is 1. The Morgan fingerprint density at radius 2 is 2.08 bits per heavy atom. The van der Waals surface area contributed by atoms with Crippen molar-refractivity contribution in [1.82, 2.24) is 15.0 Å². The van der Waals surface area contributed by atoms with Crippen molar-refractivity contribution in [3.63, 3.8) is 0 Å². The number of rotatable bonds is 5. The van der Waals surface area contributed by atoms with Crippen molar-refractivity contribution in [2.45, 2.75) is 13.0 Å². The second-order valence-electron chi connectivity index (χ2n) is 5.14. The van der Waals surface area contributed by atoms with Crippen molar-refractivity contribution >= 4 is 46.4 Å². The summed E-state index contributed by atoms with van der Waals surface area (Å²) in [5.74, 6) is -0.186. The molecule has 0 unspecified atom stereocenters. The molecule has 2 aromatic carbocycles. The van der Waals surface area contributed by atoms with Gasteiger partial charge in [0, 0.05) is 23.6 Å². The summed E-state index contributed by atoms with van der Waals surface area (Å²) in [4.78, 5) is 16.2. The van der Waals surface area contributed by atoms with Gasteiger partial charge in [-0.15, -0.1) is 0 Å². The van der Waals surface area contributed by atoms with E-state index in [-0.39, 0.29) is 5.91 Å².